The summed E-state index contributed by atoms with van der Waals surface area (Å²) in [5.74, 6) is 0. The largest absolute Gasteiger partial charge is 0.650 e. The van der Waals surface area contributed by atoms with Crippen LogP contribution in [0.3, 0.4) is 0 Å². The average molecular weight is 819 g/mol. The summed E-state index contributed by atoms with van der Waals surface area (Å²) in [5, 5.41) is 6.55. The van der Waals surface area contributed by atoms with Crippen molar-refractivity contribution in [3.8, 4) is 0 Å². The van der Waals surface area contributed by atoms with E-state index in [2.05, 4.69) is 146 Å². The zero-order valence-electron chi connectivity index (χ0n) is 24.0. The summed E-state index contributed by atoms with van der Waals surface area (Å²) in [5.41, 5.74) is 0. The molecule has 6 rings (SSSR count). The van der Waals surface area contributed by atoms with Crippen LogP contribution in [-0.2, 0) is 13.3 Å². The first-order valence-electron chi connectivity index (χ1n) is 14.1. The van der Waals surface area contributed by atoms with Crippen LogP contribution in [0, 0.1) is 0 Å². The summed E-state index contributed by atoms with van der Waals surface area (Å²) in [7, 11) is -4.72. The minimum Gasteiger partial charge on any atom is -0.354 e. The normalized spacial score (nSPS) is 11.0. The number of benzene rings is 6. The second-order valence-corrected chi connectivity index (χ2v) is 15.0. The topological polar surface area (TPSA) is 27.7 Å². The molecule has 0 aliphatic carbocycles. The Morgan fingerprint density at radius 2 is 0.432 bits per heavy atom. The van der Waals surface area contributed by atoms with Crippen LogP contribution in [0.5, 0.6) is 0 Å². The van der Waals surface area contributed by atoms with E-state index in [0.717, 1.165) is 31.8 Å². The number of rotatable bonds is 12. The van der Waals surface area contributed by atoms with Gasteiger partial charge in [0.1, 0.15) is 0 Å². The van der Waals surface area contributed by atoms with E-state index in [4.69, 9.17) is 13.3 Å². The monoisotopic (exact) mass is 819 g/mol. The number of hydrogen-bond acceptors (Lipinski definition) is 3. The Morgan fingerprint density at radius 1 is 0.273 bits per heavy atom. The molecule has 6 aromatic carbocycles. The van der Waals surface area contributed by atoms with Crippen molar-refractivity contribution in [2.24, 2.45) is 0 Å². The van der Waals surface area contributed by atoms with Crippen LogP contribution in [0.15, 0.2) is 182 Å². The molecule has 6 aromatic rings. The standard InChI is InChI=1S/C36H30BO3P3.Tl/c1-7-19-31(20-8-1)41(32-21-9-2-10-22-32)38-37(39-42(33-23-11-3-12-24-33)34-25-13-4-14-26-34)40-43(35-27-15-5-16-28-35)36-29-17-6-18-30-36;/h1-30H;. The Balaban J connectivity index is 0.00000384. The Morgan fingerprint density at radius 3 is 0.591 bits per heavy atom. The van der Waals surface area contributed by atoms with Gasteiger partial charge in [0.15, 0.2) is 0 Å². The molecule has 0 N–H and O–H groups in total. The molecule has 0 heterocycles. The van der Waals surface area contributed by atoms with Gasteiger partial charge in [0.2, 0.25) is 0 Å². The summed E-state index contributed by atoms with van der Waals surface area (Å²) in [6.45, 7) is 0. The molecule has 0 aliphatic rings. The van der Waals surface area contributed by atoms with E-state index in [0.29, 0.717) is 0 Å². The van der Waals surface area contributed by atoms with Gasteiger partial charge in [-0.1, -0.05) is 182 Å². The summed E-state index contributed by atoms with van der Waals surface area (Å²) >= 11 is 0. The van der Waals surface area contributed by atoms with Crippen LogP contribution in [0.4, 0.5) is 0 Å². The fraction of sp³-hybridized carbons (Fsp3) is 0. The van der Waals surface area contributed by atoms with Crippen LogP contribution in [0.2, 0.25) is 0 Å². The van der Waals surface area contributed by atoms with E-state index in [1.165, 1.54) is 0 Å². The van der Waals surface area contributed by atoms with Crippen LogP contribution in [-0.4, -0.2) is 34.6 Å². The summed E-state index contributed by atoms with van der Waals surface area (Å²) in [6, 6.07) is 62.2. The zero-order valence-corrected chi connectivity index (χ0v) is 31.2. The third-order valence-corrected chi connectivity index (χ3v) is 12.3. The first kappa shape index (κ1) is 32.9. The molecule has 44 heavy (non-hydrogen) atoms. The van der Waals surface area contributed by atoms with Gasteiger partial charge in [0.25, 0.3) is 0 Å². The van der Waals surface area contributed by atoms with Crippen molar-refractivity contribution < 1.29 is 13.3 Å². The molecule has 0 aliphatic heterocycles. The Bertz CT molecular complexity index is 1340. The van der Waals surface area contributed by atoms with E-state index in [1.807, 2.05) is 36.4 Å². The van der Waals surface area contributed by atoms with Crippen molar-refractivity contribution >= 4 is 90.9 Å². The maximum atomic E-state index is 7.02. The Labute approximate surface area is 284 Å². The minimum absolute atomic E-state index is 0. The van der Waals surface area contributed by atoms with Crippen LogP contribution >= 0.6 is 24.4 Å². The van der Waals surface area contributed by atoms with Crippen molar-refractivity contribution in [3.63, 3.8) is 0 Å². The Hall–Kier alpha value is -2.52. The minimum atomic E-state index is -1.26. The first-order valence-corrected chi connectivity index (χ1v) is 17.8. The molecular weight excluding hydrogens is 789 g/mol. The zero-order chi connectivity index (χ0) is 29.1. The second-order valence-electron chi connectivity index (χ2n) is 9.50. The SMILES string of the molecule is [Tl].c1ccc(P(OB(OP(c2ccccc2)c2ccccc2)OP(c2ccccc2)c2ccccc2)c2ccccc2)cc1. The molecule has 213 valence electrons. The molecule has 1 radical (unpaired) electrons. The molecular formula is C36H30BO3P3Tl. The van der Waals surface area contributed by atoms with E-state index in [-0.39, 0.29) is 27.3 Å². The van der Waals surface area contributed by atoms with Crippen molar-refractivity contribution in [2.75, 3.05) is 0 Å². The first-order chi connectivity index (χ1) is 21.3. The molecule has 0 aromatic heterocycles. The van der Waals surface area contributed by atoms with Gasteiger partial charge in [-0.2, -0.15) is 0 Å². The van der Waals surface area contributed by atoms with Gasteiger partial charge in [-0.3, -0.25) is 0 Å². The molecule has 3 nitrogen and oxygen atoms in total. The quantitative estimate of drug-likeness (QED) is 0.101. The van der Waals surface area contributed by atoms with Crippen LogP contribution in [0.1, 0.15) is 0 Å². The predicted octanol–water partition coefficient (Wildman–Crippen LogP) is 6.78. The fourth-order valence-electron chi connectivity index (χ4n) is 4.51. The predicted molar refractivity (Wildman–Crippen MR) is 192 cm³/mol. The summed E-state index contributed by atoms with van der Waals surface area (Å²) in [4.78, 5) is 0. The summed E-state index contributed by atoms with van der Waals surface area (Å²) in [6.07, 6.45) is 0. The smallest absolute Gasteiger partial charge is 0.354 e. The van der Waals surface area contributed by atoms with E-state index in [1.54, 1.807) is 0 Å². The van der Waals surface area contributed by atoms with Crippen molar-refractivity contribution in [1.82, 2.24) is 0 Å². The molecule has 0 bridgehead atoms. The van der Waals surface area contributed by atoms with E-state index >= 15 is 0 Å². The maximum Gasteiger partial charge on any atom is 0.650 e. The molecule has 8 heteroatoms. The van der Waals surface area contributed by atoms with Gasteiger partial charge in [-0.25, -0.2) is 0 Å². The van der Waals surface area contributed by atoms with Crippen LogP contribution < -0.4 is 31.8 Å². The maximum absolute atomic E-state index is 7.02. The molecule has 0 spiro atoms. The van der Waals surface area contributed by atoms with E-state index in [9.17, 15) is 0 Å². The average Bonchev–Trinajstić information content (AvgIpc) is 3.10. The second kappa shape index (κ2) is 17.2. The fourth-order valence-corrected chi connectivity index (χ4v) is 9.77. The van der Waals surface area contributed by atoms with Crippen molar-refractivity contribution in [1.29, 1.82) is 0 Å². The van der Waals surface area contributed by atoms with Gasteiger partial charge in [-0.15, -0.1) is 0 Å². The van der Waals surface area contributed by atoms with Crippen LogP contribution in [0.25, 0.3) is 0 Å². The van der Waals surface area contributed by atoms with Crippen molar-refractivity contribution in [2.45, 2.75) is 0 Å². The molecule has 0 atom stereocenters. The van der Waals surface area contributed by atoms with Gasteiger partial charge < -0.3 is 13.3 Å². The van der Waals surface area contributed by atoms with Gasteiger partial charge in [-0.05, 0) is 0 Å². The Kier molecular flexibility index (Phi) is 12.9. The molecule has 0 saturated carbocycles. The van der Waals surface area contributed by atoms with E-state index < -0.39 is 31.8 Å². The molecule has 0 saturated heterocycles. The molecule has 0 fully saturated rings. The summed E-state index contributed by atoms with van der Waals surface area (Å²) < 4.78 is 21.1. The number of hydrogen-bond donors (Lipinski definition) is 0. The third-order valence-electron chi connectivity index (χ3n) is 6.52. The molecule has 0 amide bonds. The molecule has 0 unspecified atom stereocenters. The van der Waals surface area contributed by atoms with Gasteiger partial charge in [0.05, 0.1) is 24.4 Å². The van der Waals surface area contributed by atoms with Gasteiger partial charge >= 0.3 is 7.32 Å². The third kappa shape index (κ3) is 8.80. The van der Waals surface area contributed by atoms with Gasteiger partial charge in [0, 0.05) is 59.1 Å². The van der Waals surface area contributed by atoms with Crippen molar-refractivity contribution in [3.05, 3.63) is 182 Å².